The minimum atomic E-state index is -3.16. The maximum atomic E-state index is 9.32. The summed E-state index contributed by atoms with van der Waals surface area (Å²) in [5.74, 6) is 0.341. The van der Waals surface area contributed by atoms with Crippen LogP contribution < -0.4 is 5.73 Å². The SMILES string of the molecule is C=P(O)(O)COC1(Cn2cnc3c(N)ncnc32)CC1. The fraction of sp³-hybridized carbons (Fsp3) is 0.455. The Kier molecular flexibility index (Phi) is 3.06. The van der Waals surface area contributed by atoms with Crippen molar-refractivity contribution in [3.63, 3.8) is 0 Å². The van der Waals surface area contributed by atoms with Gasteiger partial charge in [-0.1, -0.05) is 0 Å². The molecule has 0 aromatic carbocycles. The molecular formula is C11H16N5O3P. The molecule has 0 radical (unpaired) electrons. The van der Waals surface area contributed by atoms with Gasteiger partial charge in [0, 0.05) is 0 Å². The molecule has 3 rings (SSSR count). The Morgan fingerprint density at radius 3 is 2.80 bits per heavy atom. The highest BCUT2D eigenvalue weighted by Gasteiger charge is 2.45. The van der Waals surface area contributed by atoms with E-state index in [1.807, 2.05) is 4.57 Å². The number of ether oxygens (including phenoxy) is 1. The van der Waals surface area contributed by atoms with E-state index in [1.54, 1.807) is 6.33 Å². The third kappa shape index (κ3) is 2.69. The summed E-state index contributed by atoms with van der Waals surface area (Å²) in [6.07, 6.45) is 7.92. The van der Waals surface area contributed by atoms with E-state index in [1.165, 1.54) is 6.33 Å². The van der Waals surface area contributed by atoms with Crippen LogP contribution in [0.15, 0.2) is 12.7 Å². The summed E-state index contributed by atoms with van der Waals surface area (Å²) < 4.78 is 7.47. The minimum Gasteiger partial charge on any atom is -0.382 e. The number of rotatable bonds is 5. The van der Waals surface area contributed by atoms with Crippen molar-refractivity contribution in [3.8, 4) is 0 Å². The summed E-state index contributed by atoms with van der Waals surface area (Å²) in [7, 11) is -3.16. The molecule has 108 valence electrons. The summed E-state index contributed by atoms with van der Waals surface area (Å²) >= 11 is 0. The Balaban J connectivity index is 1.80. The Morgan fingerprint density at radius 2 is 2.15 bits per heavy atom. The monoisotopic (exact) mass is 297 g/mol. The molecule has 1 saturated carbocycles. The van der Waals surface area contributed by atoms with Gasteiger partial charge < -0.3 is 24.8 Å². The van der Waals surface area contributed by atoms with Gasteiger partial charge in [-0.2, -0.15) is 0 Å². The number of fused-ring (bicyclic) bond motifs is 1. The van der Waals surface area contributed by atoms with Crippen LogP contribution >= 0.6 is 7.34 Å². The van der Waals surface area contributed by atoms with Crippen LogP contribution in [-0.4, -0.2) is 47.6 Å². The highest BCUT2D eigenvalue weighted by molar-refractivity contribution is 7.62. The summed E-state index contributed by atoms with van der Waals surface area (Å²) in [6, 6.07) is 0. The van der Waals surface area contributed by atoms with Crippen LogP contribution in [0.2, 0.25) is 0 Å². The largest absolute Gasteiger partial charge is 0.382 e. The second kappa shape index (κ2) is 4.53. The summed E-state index contributed by atoms with van der Waals surface area (Å²) in [5, 5.41) is 0. The molecule has 4 N–H and O–H groups in total. The predicted octanol–water partition coefficient (Wildman–Crippen LogP) is 0.179. The van der Waals surface area contributed by atoms with Crippen molar-refractivity contribution in [1.29, 1.82) is 0 Å². The van der Waals surface area contributed by atoms with Crippen molar-refractivity contribution in [2.45, 2.75) is 25.0 Å². The molecule has 1 aliphatic carbocycles. The van der Waals surface area contributed by atoms with Gasteiger partial charge in [-0.25, -0.2) is 15.0 Å². The molecule has 9 heteroatoms. The van der Waals surface area contributed by atoms with E-state index in [0.717, 1.165) is 12.8 Å². The van der Waals surface area contributed by atoms with E-state index >= 15 is 0 Å². The van der Waals surface area contributed by atoms with Gasteiger partial charge in [-0.3, -0.25) is 0 Å². The van der Waals surface area contributed by atoms with Crippen molar-refractivity contribution in [2.24, 2.45) is 0 Å². The van der Waals surface area contributed by atoms with E-state index in [4.69, 9.17) is 10.5 Å². The Bertz CT molecular complexity index is 690. The average molecular weight is 297 g/mol. The minimum absolute atomic E-state index is 0.128. The molecule has 2 heterocycles. The van der Waals surface area contributed by atoms with Crippen molar-refractivity contribution < 1.29 is 14.5 Å². The number of anilines is 1. The first-order valence-corrected chi connectivity index (χ1v) is 8.18. The number of aromatic nitrogens is 4. The molecule has 0 spiro atoms. The lowest BCUT2D eigenvalue weighted by atomic mass is 10.3. The highest BCUT2D eigenvalue weighted by Crippen LogP contribution is 2.45. The molecule has 8 nitrogen and oxygen atoms in total. The number of nitrogens with zero attached hydrogens (tertiary/aromatic N) is 4. The second-order valence-electron chi connectivity index (χ2n) is 5.14. The predicted molar refractivity (Wildman–Crippen MR) is 76.1 cm³/mol. The van der Waals surface area contributed by atoms with Crippen LogP contribution in [-0.2, 0) is 11.3 Å². The van der Waals surface area contributed by atoms with E-state index in [-0.39, 0.29) is 11.9 Å². The third-order valence-corrected chi connectivity index (χ3v) is 3.82. The normalized spacial score (nSPS) is 17.5. The summed E-state index contributed by atoms with van der Waals surface area (Å²) in [5.41, 5.74) is 6.56. The first kappa shape index (κ1) is 13.5. The van der Waals surface area contributed by atoms with E-state index < -0.39 is 7.34 Å². The zero-order valence-corrected chi connectivity index (χ0v) is 11.7. The van der Waals surface area contributed by atoms with Crippen molar-refractivity contribution >= 4 is 30.6 Å². The molecule has 0 atom stereocenters. The third-order valence-electron chi connectivity index (χ3n) is 3.27. The summed E-state index contributed by atoms with van der Waals surface area (Å²) in [4.78, 5) is 30.9. The van der Waals surface area contributed by atoms with Crippen molar-refractivity contribution in [2.75, 3.05) is 12.1 Å². The first-order chi connectivity index (χ1) is 9.39. The fourth-order valence-electron chi connectivity index (χ4n) is 2.05. The van der Waals surface area contributed by atoms with Gasteiger partial charge in [0.1, 0.15) is 25.5 Å². The van der Waals surface area contributed by atoms with Crippen molar-refractivity contribution in [3.05, 3.63) is 12.7 Å². The van der Waals surface area contributed by atoms with Crippen LogP contribution in [0.1, 0.15) is 12.8 Å². The molecule has 1 aliphatic rings. The Labute approximate surface area is 115 Å². The lowest BCUT2D eigenvalue weighted by molar-refractivity contribution is 0.0459. The van der Waals surface area contributed by atoms with Gasteiger partial charge >= 0.3 is 0 Å². The number of hydrogen-bond acceptors (Lipinski definition) is 7. The molecule has 0 amide bonds. The molecular weight excluding hydrogens is 281 g/mol. The second-order valence-corrected chi connectivity index (χ2v) is 7.15. The standard InChI is InChI=1S/C11H16N5O3P/c1-20(17,18)7-19-11(2-3-11)4-16-6-15-8-9(12)13-5-14-10(8)16/h5-6,17-18H,1-4,7H2,(H2,12,13,14). The van der Waals surface area contributed by atoms with E-state index in [0.29, 0.717) is 23.5 Å². The van der Waals surface area contributed by atoms with Gasteiger partial charge in [0.25, 0.3) is 0 Å². The van der Waals surface area contributed by atoms with Crippen LogP contribution in [0.5, 0.6) is 0 Å². The number of hydrogen-bond donors (Lipinski definition) is 3. The first-order valence-electron chi connectivity index (χ1n) is 6.12. The van der Waals surface area contributed by atoms with Crippen molar-refractivity contribution in [1.82, 2.24) is 19.5 Å². The number of nitrogen functional groups attached to an aromatic ring is 1. The van der Waals surface area contributed by atoms with Gasteiger partial charge in [0.15, 0.2) is 11.5 Å². The maximum absolute atomic E-state index is 9.32. The van der Waals surface area contributed by atoms with Gasteiger partial charge in [-0.15, -0.1) is 0 Å². The van der Waals surface area contributed by atoms with Crippen LogP contribution in [0, 0.1) is 0 Å². The van der Waals surface area contributed by atoms with Gasteiger partial charge in [0.2, 0.25) is 0 Å². The van der Waals surface area contributed by atoms with E-state index in [2.05, 4.69) is 21.3 Å². The fourth-order valence-corrected chi connectivity index (χ4v) is 2.53. The molecule has 2 aromatic heterocycles. The smallest absolute Gasteiger partial charge is 0.165 e. The molecule has 0 bridgehead atoms. The molecule has 1 fully saturated rings. The molecule has 0 saturated heterocycles. The zero-order chi connectivity index (χ0) is 14.4. The lowest BCUT2D eigenvalue weighted by Crippen LogP contribution is -2.22. The average Bonchev–Trinajstić information content (AvgIpc) is 3.01. The molecule has 0 unspecified atom stereocenters. The van der Waals surface area contributed by atoms with Gasteiger partial charge in [0.05, 0.1) is 18.5 Å². The van der Waals surface area contributed by atoms with E-state index in [9.17, 15) is 9.79 Å². The number of nitrogens with two attached hydrogens (primary N) is 1. The van der Waals surface area contributed by atoms with Crippen LogP contribution in [0.25, 0.3) is 11.2 Å². The molecule has 20 heavy (non-hydrogen) atoms. The Morgan fingerprint density at radius 1 is 1.40 bits per heavy atom. The summed E-state index contributed by atoms with van der Waals surface area (Å²) in [6.45, 7) is 0.542. The van der Waals surface area contributed by atoms with Crippen LogP contribution in [0.4, 0.5) is 5.82 Å². The Hall–Kier alpha value is -1.47. The van der Waals surface area contributed by atoms with Crippen LogP contribution in [0.3, 0.4) is 0 Å². The lowest BCUT2D eigenvalue weighted by Gasteiger charge is -2.19. The molecule has 2 aromatic rings. The topological polar surface area (TPSA) is 119 Å². The number of imidazole rings is 1. The zero-order valence-electron chi connectivity index (χ0n) is 10.8. The quantitative estimate of drug-likeness (QED) is 0.673. The maximum Gasteiger partial charge on any atom is 0.165 e. The highest BCUT2D eigenvalue weighted by atomic mass is 31.2. The van der Waals surface area contributed by atoms with Gasteiger partial charge in [-0.05, 0) is 19.1 Å². The molecule has 0 aliphatic heterocycles.